The molecular formula is C18H25NO. The molecule has 1 aromatic rings. The number of hydrogen-bond acceptors (Lipinski definition) is 2. The van der Waals surface area contributed by atoms with Gasteiger partial charge in [-0.3, -0.25) is 0 Å². The van der Waals surface area contributed by atoms with E-state index in [1.54, 1.807) is 0 Å². The molecule has 0 radical (unpaired) electrons. The van der Waals surface area contributed by atoms with E-state index >= 15 is 0 Å². The van der Waals surface area contributed by atoms with Crippen molar-refractivity contribution in [1.82, 2.24) is 0 Å². The maximum atomic E-state index is 8.94. The maximum Gasteiger partial charge on any atom is 0.119 e. The van der Waals surface area contributed by atoms with Crippen molar-refractivity contribution in [3.05, 3.63) is 29.8 Å². The average Bonchev–Trinajstić information content (AvgIpc) is 2.53. The summed E-state index contributed by atoms with van der Waals surface area (Å²) in [5.74, 6) is 2.49. The Kier molecular flexibility index (Phi) is 5.47. The lowest BCUT2D eigenvalue weighted by atomic mass is 9.79. The van der Waals surface area contributed by atoms with Crippen LogP contribution in [-0.2, 0) is 0 Å². The Balaban J connectivity index is 1.87. The number of ether oxygens (including phenoxy) is 1. The van der Waals surface area contributed by atoms with E-state index in [1.165, 1.54) is 5.56 Å². The van der Waals surface area contributed by atoms with Crippen molar-refractivity contribution >= 4 is 0 Å². The molecule has 0 heterocycles. The van der Waals surface area contributed by atoms with Crippen LogP contribution in [0.4, 0.5) is 0 Å². The van der Waals surface area contributed by atoms with E-state index in [4.69, 9.17) is 10.00 Å². The minimum Gasteiger partial charge on any atom is -0.493 e. The van der Waals surface area contributed by atoms with Crippen LogP contribution in [0.15, 0.2) is 24.3 Å². The van der Waals surface area contributed by atoms with E-state index in [2.05, 4.69) is 44.2 Å². The summed E-state index contributed by atoms with van der Waals surface area (Å²) >= 11 is 0. The van der Waals surface area contributed by atoms with Gasteiger partial charge in [-0.25, -0.2) is 0 Å². The lowest BCUT2D eigenvalue weighted by molar-refractivity contribution is 0.256. The highest BCUT2D eigenvalue weighted by atomic mass is 16.5. The Bertz CT molecular complexity index is 437. The Morgan fingerprint density at radius 3 is 2.40 bits per heavy atom. The van der Waals surface area contributed by atoms with E-state index < -0.39 is 0 Å². The average molecular weight is 271 g/mol. The van der Waals surface area contributed by atoms with Gasteiger partial charge >= 0.3 is 0 Å². The molecule has 20 heavy (non-hydrogen) atoms. The Labute approximate surface area is 122 Å². The van der Waals surface area contributed by atoms with Crippen molar-refractivity contribution in [2.75, 3.05) is 6.61 Å². The van der Waals surface area contributed by atoms with Gasteiger partial charge in [0.15, 0.2) is 0 Å². The number of nitriles is 1. The largest absolute Gasteiger partial charge is 0.493 e. The first kappa shape index (κ1) is 14.9. The van der Waals surface area contributed by atoms with Gasteiger partial charge < -0.3 is 4.74 Å². The first-order valence-electron chi connectivity index (χ1n) is 7.85. The first-order valence-corrected chi connectivity index (χ1v) is 7.85. The zero-order valence-corrected chi connectivity index (χ0v) is 12.6. The van der Waals surface area contributed by atoms with Crippen LogP contribution in [0.3, 0.4) is 0 Å². The molecule has 1 saturated carbocycles. The summed E-state index contributed by atoms with van der Waals surface area (Å²) in [5.41, 5.74) is 1.40. The number of hydrogen-bond donors (Lipinski definition) is 0. The Morgan fingerprint density at radius 2 is 1.85 bits per heavy atom. The zero-order valence-electron chi connectivity index (χ0n) is 12.6. The number of rotatable bonds is 5. The fraction of sp³-hybridized carbons (Fsp3) is 0.611. The second-order valence-corrected chi connectivity index (χ2v) is 6.07. The quantitative estimate of drug-likeness (QED) is 0.762. The van der Waals surface area contributed by atoms with Crippen LogP contribution < -0.4 is 4.74 Å². The highest BCUT2D eigenvalue weighted by Gasteiger charge is 2.21. The van der Waals surface area contributed by atoms with Crippen molar-refractivity contribution in [3.63, 3.8) is 0 Å². The molecule has 0 saturated heterocycles. The molecule has 0 aliphatic heterocycles. The molecule has 0 aromatic heterocycles. The molecule has 1 atom stereocenters. The molecule has 0 N–H and O–H groups in total. The Hall–Kier alpha value is -1.49. The van der Waals surface area contributed by atoms with Crippen LogP contribution >= 0.6 is 0 Å². The predicted molar refractivity (Wildman–Crippen MR) is 81.7 cm³/mol. The van der Waals surface area contributed by atoms with Gasteiger partial charge in [0, 0.05) is 5.92 Å². The fourth-order valence-corrected chi connectivity index (χ4v) is 2.75. The molecule has 1 aromatic carbocycles. The predicted octanol–water partition coefficient (Wildman–Crippen LogP) is 4.91. The van der Waals surface area contributed by atoms with E-state index in [0.29, 0.717) is 11.8 Å². The minimum absolute atomic E-state index is 0.282. The van der Waals surface area contributed by atoms with E-state index in [9.17, 15) is 0 Å². The zero-order chi connectivity index (χ0) is 14.4. The molecule has 1 fully saturated rings. The smallest absolute Gasteiger partial charge is 0.119 e. The molecule has 2 heteroatoms. The van der Waals surface area contributed by atoms with E-state index in [1.807, 2.05) is 0 Å². The van der Waals surface area contributed by atoms with Crippen molar-refractivity contribution in [3.8, 4) is 11.8 Å². The van der Waals surface area contributed by atoms with Gasteiger partial charge in [-0.1, -0.05) is 32.4 Å². The van der Waals surface area contributed by atoms with Crippen molar-refractivity contribution in [1.29, 1.82) is 5.26 Å². The summed E-state index contributed by atoms with van der Waals surface area (Å²) < 4.78 is 5.79. The Morgan fingerprint density at radius 1 is 1.20 bits per heavy atom. The van der Waals surface area contributed by atoms with Crippen LogP contribution in [0, 0.1) is 23.2 Å². The summed E-state index contributed by atoms with van der Waals surface area (Å²) in [7, 11) is 0. The third-order valence-electron chi connectivity index (χ3n) is 4.49. The standard InChI is InChI=1S/C18H25NO/c1-3-14(2)13-20-18-10-8-17(9-11-18)16-6-4-15(12-19)5-7-16/h8-11,14-16H,3-7,13H2,1-2H3. The van der Waals surface area contributed by atoms with E-state index in [-0.39, 0.29) is 5.92 Å². The normalized spacial score (nSPS) is 23.9. The number of benzene rings is 1. The molecule has 1 unspecified atom stereocenters. The van der Waals surface area contributed by atoms with Gasteiger partial charge in [0.1, 0.15) is 5.75 Å². The summed E-state index contributed by atoms with van der Waals surface area (Å²) in [4.78, 5) is 0. The van der Waals surface area contributed by atoms with Gasteiger partial charge in [-0.15, -0.1) is 0 Å². The van der Waals surface area contributed by atoms with Crippen LogP contribution in [0.25, 0.3) is 0 Å². The highest BCUT2D eigenvalue weighted by Crippen LogP contribution is 2.35. The lowest BCUT2D eigenvalue weighted by Crippen LogP contribution is -2.12. The van der Waals surface area contributed by atoms with Gasteiger partial charge in [-0.2, -0.15) is 5.26 Å². The lowest BCUT2D eigenvalue weighted by Gasteiger charge is -2.25. The summed E-state index contributed by atoms with van der Waals surface area (Å²) in [5, 5.41) is 8.94. The van der Waals surface area contributed by atoms with Crippen molar-refractivity contribution < 1.29 is 4.74 Å². The number of nitrogens with zero attached hydrogens (tertiary/aromatic N) is 1. The van der Waals surface area contributed by atoms with Gasteiger partial charge in [0.2, 0.25) is 0 Å². The van der Waals surface area contributed by atoms with Crippen molar-refractivity contribution in [2.45, 2.75) is 51.9 Å². The van der Waals surface area contributed by atoms with Crippen LogP contribution in [-0.4, -0.2) is 6.61 Å². The van der Waals surface area contributed by atoms with Crippen LogP contribution in [0.2, 0.25) is 0 Å². The van der Waals surface area contributed by atoms with E-state index in [0.717, 1.165) is 44.5 Å². The van der Waals surface area contributed by atoms with Gasteiger partial charge in [0.05, 0.1) is 12.7 Å². The van der Waals surface area contributed by atoms with Gasteiger partial charge in [-0.05, 0) is 55.2 Å². The minimum atomic E-state index is 0.282. The van der Waals surface area contributed by atoms with Crippen LogP contribution in [0.5, 0.6) is 5.75 Å². The molecule has 108 valence electrons. The summed E-state index contributed by atoms with van der Waals surface area (Å²) in [6.45, 7) is 5.19. The molecule has 0 spiro atoms. The summed E-state index contributed by atoms with van der Waals surface area (Å²) in [6.07, 6.45) is 5.54. The molecule has 2 rings (SSSR count). The third kappa shape index (κ3) is 4.00. The fourth-order valence-electron chi connectivity index (χ4n) is 2.75. The summed E-state index contributed by atoms with van der Waals surface area (Å²) in [6, 6.07) is 11.0. The van der Waals surface area contributed by atoms with Crippen molar-refractivity contribution in [2.24, 2.45) is 11.8 Å². The van der Waals surface area contributed by atoms with Gasteiger partial charge in [0.25, 0.3) is 0 Å². The molecule has 1 aliphatic rings. The second kappa shape index (κ2) is 7.33. The monoisotopic (exact) mass is 271 g/mol. The topological polar surface area (TPSA) is 33.0 Å². The molecule has 1 aliphatic carbocycles. The maximum absolute atomic E-state index is 8.94. The SMILES string of the molecule is CCC(C)COc1ccc(C2CCC(C#N)CC2)cc1. The van der Waals surface area contributed by atoms with Crippen LogP contribution in [0.1, 0.15) is 57.4 Å². The second-order valence-electron chi connectivity index (χ2n) is 6.07. The third-order valence-corrected chi connectivity index (χ3v) is 4.49. The molecular weight excluding hydrogens is 246 g/mol. The first-order chi connectivity index (χ1) is 9.72. The molecule has 2 nitrogen and oxygen atoms in total. The highest BCUT2D eigenvalue weighted by molar-refractivity contribution is 5.29. The molecule has 0 amide bonds. The molecule has 0 bridgehead atoms.